The number of carboxylic acids is 1. The molecule has 0 saturated carbocycles. The molecule has 0 bridgehead atoms. The van der Waals surface area contributed by atoms with E-state index in [-0.39, 0.29) is 30.6 Å². The van der Waals surface area contributed by atoms with Gasteiger partial charge in [0.2, 0.25) is 11.8 Å². The van der Waals surface area contributed by atoms with Crippen molar-refractivity contribution in [3.63, 3.8) is 0 Å². The highest BCUT2D eigenvalue weighted by molar-refractivity contribution is 6.05. The molecule has 2 N–H and O–H groups in total. The van der Waals surface area contributed by atoms with Crippen LogP contribution in [0.15, 0.2) is 18.2 Å². The van der Waals surface area contributed by atoms with Crippen molar-refractivity contribution < 1.29 is 24.3 Å². The Bertz CT molecular complexity index is 844. The number of hydrogen-bond acceptors (Lipinski definition) is 5. The average molecular weight is 385 g/mol. The van der Waals surface area contributed by atoms with Crippen molar-refractivity contribution in [1.82, 2.24) is 10.2 Å². The number of carbonyl (C=O) groups excluding carboxylic acids is 3. The Morgan fingerprint density at radius 2 is 1.89 bits per heavy atom. The fraction of sp³-hybridized carbons (Fsp3) is 0.500. The zero-order valence-corrected chi connectivity index (χ0v) is 15.5. The number of carboxylic acid groups (broad SMARTS) is 1. The van der Waals surface area contributed by atoms with Crippen molar-refractivity contribution in [3.05, 3.63) is 29.3 Å². The summed E-state index contributed by atoms with van der Waals surface area (Å²) < 4.78 is 0. The largest absolute Gasteiger partial charge is 0.481 e. The minimum atomic E-state index is -0.747. The van der Waals surface area contributed by atoms with Crippen LogP contribution in [0.5, 0.6) is 0 Å². The van der Waals surface area contributed by atoms with E-state index in [1.165, 1.54) is 0 Å². The maximum Gasteiger partial charge on any atom is 0.303 e. The van der Waals surface area contributed by atoms with E-state index < -0.39 is 17.9 Å². The summed E-state index contributed by atoms with van der Waals surface area (Å²) in [4.78, 5) is 50.9. The second-order valence-corrected chi connectivity index (χ2v) is 7.77. The van der Waals surface area contributed by atoms with Crippen molar-refractivity contribution in [2.45, 2.75) is 44.7 Å². The summed E-state index contributed by atoms with van der Waals surface area (Å²) in [6.45, 7) is 1.95. The van der Waals surface area contributed by atoms with Crippen LogP contribution in [0.25, 0.3) is 0 Å². The Balaban J connectivity index is 1.45. The summed E-state index contributed by atoms with van der Waals surface area (Å²) >= 11 is 0. The number of benzene rings is 1. The number of imide groups is 1. The third kappa shape index (κ3) is 3.46. The van der Waals surface area contributed by atoms with Crippen LogP contribution in [0.1, 0.15) is 48.0 Å². The molecule has 1 unspecified atom stereocenters. The highest BCUT2D eigenvalue weighted by atomic mass is 16.4. The maximum absolute atomic E-state index is 12.7. The molecule has 148 valence electrons. The van der Waals surface area contributed by atoms with Crippen LogP contribution >= 0.6 is 0 Å². The third-order valence-corrected chi connectivity index (χ3v) is 5.95. The molecule has 3 amide bonds. The molecule has 1 aromatic rings. The van der Waals surface area contributed by atoms with Gasteiger partial charge in [-0.1, -0.05) is 0 Å². The standard InChI is InChI=1S/C20H23N3O5/c24-17-4-3-16(19(27)21-17)23-11-13-10-14(1-2-15(13)20(23)28)22-7-5-12(6-8-22)9-18(25)26/h1-2,10,12,16H,3-9,11H2,(H,25,26)(H,21,24,27). The quantitative estimate of drug-likeness (QED) is 0.753. The molecule has 0 spiro atoms. The predicted octanol–water partition coefficient (Wildman–Crippen LogP) is 1.14. The molecular weight excluding hydrogens is 362 g/mol. The smallest absolute Gasteiger partial charge is 0.303 e. The van der Waals surface area contributed by atoms with E-state index in [4.69, 9.17) is 5.11 Å². The van der Waals surface area contributed by atoms with Crippen molar-refractivity contribution in [2.24, 2.45) is 5.92 Å². The fourth-order valence-electron chi connectivity index (χ4n) is 4.40. The topological polar surface area (TPSA) is 107 Å². The number of carbonyl (C=O) groups is 4. The van der Waals surface area contributed by atoms with Crippen molar-refractivity contribution in [1.29, 1.82) is 0 Å². The zero-order valence-electron chi connectivity index (χ0n) is 15.5. The van der Waals surface area contributed by atoms with Gasteiger partial charge in [-0.25, -0.2) is 0 Å². The third-order valence-electron chi connectivity index (χ3n) is 5.95. The van der Waals surface area contributed by atoms with E-state index in [9.17, 15) is 19.2 Å². The Labute approximate surface area is 162 Å². The highest BCUT2D eigenvalue weighted by Crippen LogP contribution is 2.32. The molecule has 0 aromatic heterocycles. The van der Waals surface area contributed by atoms with E-state index in [1.54, 1.807) is 4.90 Å². The Kier molecular flexibility index (Phi) is 4.78. The number of fused-ring (bicyclic) bond motifs is 1. The van der Waals surface area contributed by atoms with Gasteiger partial charge in [-0.05, 0) is 48.9 Å². The molecule has 8 heteroatoms. The van der Waals surface area contributed by atoms with E-state index >= 15 is 0 Å². The first-order valence-electron chi connectivity index (χ1n) is 9.66. The maximum atomic E-state index is 12.7. The number of anilines is 1. The summed E-state index contributed by atoms with van der Waals surface area (Å²) in [5.74, 6) is -1.40. The predicted molar refractivity (Wildman–Crippen MR) is 99.7 cm³/mol. The molecule has 0 aliphatic carbocycles. The van der Waals surface area contributed by atoms with E-state index in [0.29, 0.717) is 18.5 Å². The number of amides is 3. The lowest BCUT2D eigenvalue weighted by molar-refractivity contribution is -0.139. The van der Waals surface area contributed by atoms with Crippen LogP contribution in [-0.4, -0.2) is 52.8 Å². The van der Waals surface area contributed by atoms with Crippen LogP contribution in [0, 0.1) is 5.92 Å². The zero-order chi connectivity index (χ0) is 19.8. The number of nitrogens with one attached hydrogen (secondary N) is 1. The summed E-state index contributed by atoms with van der Waals surface area (Å²) in [5, 5.41) is 11.3. The van der Waals surface area contributed by atoms with E-state index in [0.717, 1.165) is 37.2 Å². The number of rotatable bonds is 4. The lowest BCUT2D eigenvalue weighted by Gasteiger charge is -2.33. The van der Waals surface area contributed by atoms with Gasteiger partial charge in [0, 0.05) is 43.7 Å². The molecule has 0 radical (unpaired) electrons. The minimum Gasteiger partial charge on any atom is -0.481 e. The molecule has 8 nitrogen and oxygen atoms in total. The lowest BCUT2D eigenvalue weighted by Crippen LogP contribution is -2.52. The summed E-state index contributed by atoms with van der Waals surface area (Å²) in [5.41, 5.74) is 2.51. The van der Waals surface area contributed by atoms with Gasteiger partial charge in [-0.15, -0.1) is 0 Å². The van der Waals surface area contributed by atoms with Gasteiger partial charge in [-0.2, -0.15) is 0 Å². The van der Waals surface area contributed by atoms with Crippen molar-refractivity contribution >= 4 is 29.4 Å². The number of aliphatic carboxylic acids is 1. The fourth-order valence-corrected chi connectivity index (χ4v) is 4.40. The normalized spacial score (nSPS) is 23.0. The van der Waals surface area contributed by atoms with Crippen molar-refractivity contribution in [3.8, 4) is 0 Å². The Morgan fingerprint density at radius 3 is 2.57 bits per heavy atom. The summed E-state index contributed by atoms with van der Waals surface area (Å²) in [6, 6.07) is 5.12. The molecule has 4 rings (SSSR count). The monoisotopic (exact) mass is 385 g/mol. The van der Waals surface area contributed by atoms with Crippen LogP contribution in [0.2, 0.25) is 0 Å². The van der Waals surface area contributed by atoms with Crippen LogP contribution in [-0.2, 0) is 20.9 Å². The SMILES string of the molecule is O=C(O)CC1CCN(c2ccc3c(c2)CN(C2CCC(=O)NC2=O)C3=O)CC1. The lowest BCUT2D eigenvalue weighted by atomic mass is 9.93. The molecular formula is C20H23N3O5. The molecule has 2 fully saturated rings. The van der Waals surface area contributed by atoms with Gasteiger partial charge in [0.1, 0.15) is 6.04 Å². The van der Waals surface area contributed by atoms with Crippen LogP contribution in [0.3, 0.4) is 0 Å². The molecule has 3 aliphatic heterocycles. The first-order chi connectivity index (χ1) is 13.4. The second kappa shape index (κ2) is 7.26. The Hall–Kier alpha value is -2.90. The second-order valence-electron chi connectivity index (χ2n) is 7.77. The highest BCUT2D eigenvalue weighted by Gasteiger charge is 2.39. The Morgan fingerprint density at radius 1 is 1.14 bits per heavy atom. The number of hydrogen-bond donors (Lipinski definition) is 2. The number of nitrogens with zero attached hydrogens (tertiary/aromatic N) is 2. The van der Waals surface area contributed by atoms with E-state index in [1.807, 2.05) is 18.2 Å². The minimum absolute atomic E-state index is 0.170. The van der Waals surface area contributed by atoms with E-state index in [2.05, 4.69) is 10.2 Å². The molecule has 1 aromatic carbocycles. The van der Waals surface area contributed by atoms with Crippen LogP contribution < -0.4 is 10.2 Å². The molecule has 3 heterocycles. The van der Waals surface area contributed by atoms with Gasteiger partial charge in [0.25, 0.3) is 5.91 Å². The van der Waals surface area contributed by atoms with Gasteiger partial charge < -0.3 is 14.9 Å². The van der Waals surface area contributed by atoms with Crippen LogP contribution in [0.4, 0.5) is 5.69 Å². The number of piperidine rings is 2. The first-order valence-corrected chi connectivity index (χ1v) is 9.66. The molecule has 3 aliphatic rings. The van der Waals surface area contributed by atoms with Crippen molar-refractivity contribution in [2.75, 3.05) is 18.0 Å². The molecule has 2 saturated heterocycles. The molecule has 28 heavy (non-hydrogen) atoms. The summed E-state index contributed by atoms with van der Waals surface area (Å²) in [6.07, 6.45) is 2.49. The first kappa shape index (κ1) is 18.5. The van der Waals surface area contributed by atoms with Gasteiger partial charge in [0.05, 0.1) is 0 Å². The van der Waals surface area contributed by atoms with Gasteiger partial charge in [-0.3, -0.25) is 24.5 Å². The van der Waals surface area contributed by atoms with Gasteiger partial charge >= 0.3 is 5.97 Å². The van der Waals surface area contributed by atoms with Gasteiger partial charge in [0.15, 0.2) is 0 Å². The summed E-state index contributed by atoms with van der Waals surface area (Å²) in [7, 11) is 0. The average Bonchev–Trinajstić information content (AvgIpc) is 2.98. The molecule has 1 atom stereocenters.